The molecule has 1 aromatic heterocycles. The fourth-order valence-electron chi connectivity index (χ4n) is 3.07. The number of nitrogens with one attached hydrogen (secondary N) is 1. The van der Waals surface area contributed by atoms with Crippen LogP contribution in [0.4, 0.5) is 10.5 Å². The Bertz CT molecular complexity index is 727. The van der Waals surface area contributed by atoms with Crippen LogP contribution in [0.2, 0.25) is 0 Å². The Hall–Kier alpha value is -2.34. The molecule has 1 N–H and O–H groups in total. The summed E-state index contributed by atoms with van der Waals surface area (Å²) in [5.41, 5.74) is 2.82. The molecule has 140 valence electrons. The van der Waals surface area contributed by atoms with Gasteiger partial charge in [0.2, 0.25) is 0 Å². The van der Waals surface area contributed by atoms with Crippen LogP contribution in [0.25, 0.3) is 5.69 Å². The summed E-state index contributed by atoms with van der Waals surface area (Å²) >= 11 is 0. The monoisotopic (exact) mass is 356 g/mol. The van der Waals surface area contributed by atoms with Gasteiger partial charge in [-0.2, -0.15) is 5.10 Å². The van der Waals surface area contributed by atoms with Crippen molar-refractivity contribution >= 4 is 11.7 Å². The molecule has 2 amide bonds. The zero-order valence-corrected chi connectivity index (χ0v) is 15.8. The molecule has 0 spiro atoms. The van der Waals surface area contributed by atoms with Gasteiger partial charge in [0, 0.05) is 37.8 Å². The van der Waals surface area contributed by atoms with Gasteiger partial charge in [0.05, 0.1) is 11.8 Å². The maximum Gasteiger partial charge on any atom is 0.321 e. The number of urea groups is 1. The predicted octanol–water partition coefficient (Wildman–Crippen LogP) is 3.85. The standard InChI is InChI=1S/C20H28N4O2/c1-15(2)8-12-26-18-7-11-23(14-18)20(25)22-19-6-5-17(13-16(19)3)24-10-4-9-21-24/h4-6,9-10,13,15,18H,7-8,11-12,14H2,1-3H3,(H,22,25). The minimum absolute atomic E-state index is 0.0603. The lowest BCUT2D eigenvalue weighted by molar-refractivity contribution is 0.0547. The van der Waals surface area contributed by atoms with E-state index >= 15 is 0 Å². The van der Waals surface area contributed by atoms with Crippen LogP contribution < -0.4 is 5.32 Å². The third kappa shape index (κ3) is 4.64. The van der Waals surface area contributed by atoms with Crippen LogP contribution in [0.15, 0.2) is 36.7 Å². The average molecular weight is 356 g/mol. The predicted molar refractivity (Wildman–Crippen MR) is 103 cm³/mol. The van der Waals surface area contributed by atoms with E-state index in [-0.39, 0.29) is 12.1 Å². The highest BCUT2D eigenvalue weighted by Crippen LogP contribution is 2.21. The van der Waals surface area contributed by atoms with Gasteiger partial charge in [-0.05, 0) is 55.5 Å². The number of nitrogens with zero attached hydrogens (tertiary/aromatic N) is 3. The van der Waals surface area contributed by atoms with E-state index in [0.29, 0.717) is 12.5 Å². The quantitative estimate of drug-likeness (QED) is 0.855. The number of rotatable bonds is 6. The highest BCUT2D eigenvalue weighted by atomic mass is 16.5. The van der Waals surface area contributed by atoms with Crippen molar-refractivity contribution in [3.8, 4) is 5.69 Å². The second-order valence-corrected chi connectivity index (χ2v) is 7.29. The Labute approximate surface area is 155 Å². The van der Waals surface area contributed by atoms with Gasteiger partial charge in [0.25, 0.3) is 0 Å². The number of carbonyl (C=O) groups excluding carboxylic acids is 1. The molecule has 26 heavy (non-hydrogen) atoms. The molecule has 1 aliphatic heterocycles. The number of aryl methyl sites for hydroxylation is 1. The Balaban J connectivity index is 1.53. The Kier molecular flexibility index (Phi) is 5.93. The van der Waals surface area contributed by atoms with E-state index in [1.807, 2.05) is 42.3 Å². The van der Waals surface area contributed by atoms with E-state index in [9.17, 15) is 4.79 Å². The van der Waals surface area contributed by atoms with Crippen molar-refractivity contribution < 1.29 is 9.53 Å². The molecule has 1 aliphatic rings. The lowest BCUT2D eigenvalue weighted by Crippen LogP contribution is -2.34. The van der Waals surface area contributed by atoms with E-state index < -0.39 is 0 Å². The normalized spacial score (nSPS) is 17.1. The number of benzene rings is 1. The van der Waals surface area contributed by atoms with Crippen molar-refractivity contribution in [3.63, 3.8) is 0 Å². The number of hydrogen-bond donors (Lipinski definition) is 1. The van der Waals surface area contributed by atoms with Crippen LogP contribution >= 0.6 is 0 Å². The summed E-state index contributed by atoms with van der Waals surface area (Å²) in [5.74, 6) is 0.642. The van der Waals surface area contributed by atoms with Crippen molar-refractivity contribution in [1.29, 1.82) is 0 Å². The van der Waals surface area contributed by atoms with Crippen molar-refractivity contribution in [2.45, 2.75) is 39.7 Å². The number of anilines is 1. The summed E-state index contributed by atoms with van der Waals surface area (Å²) < 4.78 is 7.70. The molecule has 1 saturated heterocycles. The molecule has 1 atom stereocenters. The molecular formula is C20H28N4O2. The average Bonchev–Trinajstić information content (AvgIpc) is 3.28. The van der Waals surface area contributed by atoms with Gasteiger partial charge in [-0.3, -0.25) is 0 Å². The highest BCUT2D eigenvalue weighted by molar-refractivity contribution is 5.90. The van der Waals surface area contributed by atoms with Crippen molar-refractivity contribution in [2.75, 3.05) is 25.0 Å². The first-order chi connectivity index (χ1) is 12.5. The lowest BCUT2D eigenvalue weighted by atomic mass is 10.1. The number of ether oxygens (including phenoxy) is 1. The third-order valence-corrected chi connectivity index (χ3v) is 4.70. The molecule has 1 aromatic carbocycles. The second kappa shape index (κ2) is 8.36. The molecule has 0 bridgehead atoms. The third-order valence-electron chi connectivity index (χ3n) is 4.70. The fourth-order valence-corrected chi connectivity index (χ4v) is 3.07. The number of likely N-dealkylation sites (tertiary alicyclic amines) is 1. The van der Waals surface area contributed by atoms with E-state index in [1.165, 1.54) is 0 Å². The van der Waals surface area contributed by atoms with Crippen LogP contribution in [-0.2, 0) is 4.74 Å². The summed E-state index contributed by atoms with van der Waals surface area (Å²) in [5, 5.41) is 7.25. The molecule has 2 heterocycles. The number of carbonyl (C=O) groups is 1. The molecule has 6 heteroatoms. The van der Waals surface area contributed by atoms with Crippen LogP contribution in [0.5, 0.6) is 0 Å². The molecular weight excluding hydrogens is 328 g/mol. The largest absolute Gasteiger partial charge is 0.376 e. The first kappa shape index (κ1) is 18.5. The Morgan fingerprint density at radius 3 is 2.96 bits per heavy atom. The molecule has 0 saturated carbocycles. The highest BCUT2D eigenvalue weighted by Gasteiger charge is 2.27. The second-order valence-electron chi connectivity index (χ2n) is 7.29. The topological polar surface area (TPSA) is 59.4 Å². The number of hydrogen-bond acceptors (Lipinski definition) is 3. The van der Waals surface area contributed by atoms with Crippen LogP contribution in [-0.4, -0.2) is 46.5 Å². The smallest absolute Gasteiger partial charge is 0.321 e. The molecule has 1 fully saturated rings. The van der Waals surface area contributed by atoms with Gasteiger partial charge in [-0.1, -0.05) is 13.8 Å². The van der Waals surface area contributed by atoms with Gasteiger partial charge >= 0.3 is 6.03 Å². The summed E-state index contributed by atoms with van der Waals surface area (Å²) in [6.07, 6.45) is 5.77. The molecule has 0 aliphatic carbocycles. The summed E-state index contributed by atoms with van der Waals surface area (Å²) in [4.78, 5) is 14.4. The van der Waals surface area contributed by atoms with Gasteiger partial charge in [0.15, 0.2) is 0 Å². The van der Waals surface area contributed by atoms with Crippen molar-refractivity contribution in [2.24, 2.45) is 5.92 Å². The fraction of sp³-hybridized carbons (Fsp3) is 0.500. The molecule has 6 nitrogen and oxygen atoms in total. The van der Waals surface area contributed by atoms with Crippen LogP contribution in [0.3, 0.4) is 0 Å². The van der Waals surface area contributed by atoms with Crippen molar-refractivity contribution in [1.82, 2.24) is 14.7 Å². The minimum Gasteiger partial charge on any atom is -0.376 e. The maximum absolute atomic E-state index is 12.5. The Morgan fingerprint density at radius 2 is 2.27 bits per heavy atom. The van der Waals surface area contributed by atoms with Gasteiger partial charge in [0.1, 0.15) is 0 Å². The molecule has 0 radical (unpaired) electrons. The van der Waals surface area contributed by atoms with Gasteiger partial charge in [-0.25, -0.2) is 9.48 Å². The van der Waals surface area contributed by atoms with Crippen LogP contribution in [0, 0.1) is 12.8 Å². The van der Waals surface area contributed by atoms with E-state index in [2.05, 4.69) is 24.3 Å². The summed E-state index contributed by atoms with van der Waals surface area (Å²) in [6, 6.07) is 7.73. The molecule has 3 rings (SSSR count). The van der Waals surface area contributed by atoms with Gasteiger partial charge in [-0.15, -0.1) is 0 Å². The Morgan fingerprint density at radius 1 is 1.42 bits per heavy atom. The first-order valence-electron chi connectivity index (χ1n) is 9.31. The summed E-state index contributed by atoms with van der Waals surface area (Å²) in [6.45, 7) is 8.54. The zero-order chi connectivity index (χ0) is 18.5. The SMILES string of the molecule is Cc1cc(-n2cccn2)ccc1NC(=O)N1CCC(OCCC(C)C)C1. The van der Waals surface area contributed by atoms with E-state index in [4.69, 9.17) is 4.74 Å². The van der Waals surface area contributed by atoms with Crippen LogP contribution in [0.1, 0.15) is 32.3 Å². The summed E-state index contributed by atoms with van der Waals surface area (Å²) in [7, 11) is 0. The number of aromatic nitrogens is 2. The molecule has 2 aromatic rings. The van der Waals surface area contributed by atoms with E-state index in [1.54, 1.807) is 10.9 Å². The minimum atomic E-state index is -0.0603. The lowest BCUT2D eigenvalue weighted by Gasteiger charge is -2.19. The maximum atomic E-state index is 12.5. The van der Waals surface area contributed by atoms with E-state index in [0.717, 1.165) is 42.9 Å². The molecule has 1 unspecified atom stereocenters. The van der Waals surface area contributed by atoms with Gasteiger partial charge < -0.3 is 15.0 Å². The zero-order valence-electron chi connectivity index (χ0n) is 15.8. The van der Waals surface area contributed by atoms with Crippen molar-refractivity contribution in [3.05, 3.63) is 42.2 Å². The first-order valence-corrected chi connectivity index (χ1v) is 9.31. The number of amides is 2.